The van der Waals surface area contributed by atoms with Crippen LogP contribution in [0.4, 0.5) is 4.79 Å². The third-order valence-electron chi connectivity index (χ3n) is 3.11. The number of rotatable bonds is 0. The van der Waals surface area contributed by atoms with Gasteiger partial charge in [-0.3, -0.25) is 4.90 Å². The molecule has 0 unspecified atom stereocenters. The van der Waals surface area contributed by atoms with Gasteiger partial charge in [0.15, 0.2) is 0 Å². The second-order valence-electron chi connectivity index (χ2n) is 5.49. The Kier molecular flexibility index (Phi) is 2.41. The lowest BCUT2D eigenvalue weighted by Crippen LogP contribution is -2.66. The lowest BCUT2D eigenvalue weighted by molar-refractivity contribution is -0.103. The number of amides is 1. The smallest absolute Gasteiger partial charge is 0.410 e. The first-order valence-electron chi connectivity index (χ1n) is 5.58. The van der Waals surface area contributed by atoms with Gasteiger partial charge in [-0.1, -0.05) is 0 Å². The molecule has 2 aliphatic heterocycles. The fraction of sp³-hybridized carbons (Fsp3) is 0.909. The van der Waals surface area contributed by atoms with Gasteiger partial charge < -0.3 is 9.84 Å². The Labute approximate surface area is 90.2 Å². The van der Waals surface area contributed by atoms with Gasteiger partial charge in [0.1, 0.15) is 5.60 Å². The molecule has 0 aromatic heterocycles. The molecule has 2 bridgehead atoms. The molecule has 0 aromatic carbocycles. The van der Waals surface area contributed by atoms with Crippen molar-refractivity contribution >= 4 is 6.09 Å². The molecule has 86 valence electrons. The quantitative estimate of drug-likeness (QED) is 0.663. The maximum atomic E-state index is 11.8. The third-order valence-corrected chi connectivity index (χ3v) is 3.11. The summed E-state index contributed by atoms with van der Waals surface area (Å²) < 4.78 is 5.30. The first kappa shape index (κ1) is 10.7. The first-order chi connectivity index (χ1) is 6.88. The van der Waals surface area contributed by atoms with Crippen LogP contribution in [0.3, 0.4) is 0 Å². The molecule has 1 saturated carbocycles. The topological polar surface area (TPSA) is 49.8 Å². The number of hydrogen-bond acceptors (Lipinski definition) is 3. The Hall–Kier alpha value is -0.770. The molecule has 1 aliphatic carbocycles. The summed E-state index contributed by atoms with van der Waals surface area (Å²) in [6.07, 6.45) is 2.01. The van der Waals surface area contributed by atoms with E-state index in [0.29, 0.717) is 6.04 Å². The standard InChI is InChI=1S/C11H19NO3/c1-11(2,3)15-10(14)12-7-4-5-9(13)8(12)6-7/h7-9,13H,4-6H2,1-3H3/t7-,8-,9-/m1/s1. The fourth-order valence-electron chi connectivity index (χ4n) is 2.39. The molecule has 4 nitrogen and oxygen atoms in total. The monoisotopic (exact) mass is 213 g/mol. The second kappa shape index (κ2) is 3.37. The van der Waals surface area contributed by atoms with E-state index in [1.54, 1.807) is 4.90 Å². The van der Waals surface area contributed by atoms with E-state index in [1.165, 1.54) is 0 Å². The van der Waals surface area contributed by atoms with Crippen molar-refractivity contribution < 1.29 is 14.6 Å². The molecule has 0 spiro atoms. The van der Waals surface area contributed by atoms with E-state index in [2.05, 4.69) is 0 Å². The largest absolute Gasteiger partial charge is 0.444 e. The Morgan fingerprint density at radius 3 is 2.53 bits per heavy atom. The van der Waals surface area contributed by atoms with Crippen molar-refractivity contribution in [3.63, 3.8) is 0 Å². The maximum absolute atomic E-state index is 11.8. The molecule has 3 rings (SSSR count). The average molecular weight is 213 g/mol. The molecule has 1 N–H and O–H groups in total. The number of piperidine rings is 1. The predicted octanol–water partition coefficient (Wildman–Crippen LogP) is 1.52. The van der Waals surface area contributed by atoms with E-state index >= 15 is 0 Å². The summed E-state index contributed by atoms with van der Waals surface area (Å²) in [4.78, 5) is 13.5. The molecule has 3 aliphatic rings. The summed E-state index contributed by atoms with van der Waals surface area (Å²) in [5, 5.41) is 9.68. The van der Waals surface area contributed by atoms with Gasteiger partial charge in [-0.15, -0.1) is 0 Å². The molecule has 2 saturated heterocycles. The Balaban J connectivity index is 1.98. The number of nitrogens with zero attached hydrogens (tertiary/aromatic N) is 1. The highest BCUT2D eigenvalue weighted by molar-refractivity contribution is 5.70. The van der Waals surface area contributed by atoms with Crippen LogP contribution in [0.1, 0.15) is 40.0 Å². The number of hydrogen-bond donors (Lipinski definition) is 1. The predicted molar refractivity (Wildman–Crippen MR) is 55.5 cm³/mol. The number of ether oxygens (including phenoxy) is 1. The number of fused-ring (bicyclic) bond motifs is 2. The zero-order valence-electron chi connectivity index (χ0n) is 9.56. The van der Waals surface area contributed by atoms with E-state index in [9.17, 15) is 9.90 Å². The Morgan fingerprint density at radius 1 is 1.40 bits per heavy atom. The molecule has 2 heterocycles. The van der Waals surface area contributed by atoms with Crippen molar-refractivity contribution in [3.8, 4) is 0 Å². The van der Waals surface area contributed by atoms with Gasteiger partial charge in [-0.25, -0.2) is 4.79 Å². The van der Waals surface area contributed by atoms with Crippen molar-refractivity contribution in [2.75, 3.05) is 0 Å². The fourth-order valence-corrected chi connectivity index (χ4v) is 2.39. The molecular formula is C11H19NO3. The zero-order chi connectivity index (χ0) is 11.2. The van der Waals surface area contributed by atoms with Crippen LogP contribution < -0.4 is 0 Å². The summed E-state index contributed by atoms with van der Waals surface area (Å²) in [5.41, 5.74) is -0.452. The molecular weight excluding hydrogens is 194 g/mol. The van der Waals surface area contributed by atoms with Gasteiger partial charge in [0.2, 0.25) is 0 Å². The van der Waals surface area contributed by atoms with E-state index in [1.807, 2.05) is 20.8 Å². The van der Waals surface area contributed by atoms with Crippen molar-refractivity contribution in [1.29, 1.82) is 0 Å². The summed E-state index contributed by atoms with van der Waals surface area (Å²) in [6, 6.07) is 0.298. The molecule has 0 radical (unpaired) electrons. The van der Waals surface area contributed by atoms with Crippen LogP contribution in [0, 0.1) is 0 Å². The molecule has 3 atom stereocenters. The Morgan fingerprint density at radius 2 is 2.07 bits per heavy atom. The highest BCUT2D eigenvalue weighted by Gasteiger charge is 2.50. The molecule has 1 amide bonds. The lowest BCUT2D eigenvalue weighted by atomic mass is 9.78. The molecule has 3 fully saturated rings. The zero-order valence-corrected chi connectivity index (χ0v) is 9.56. The van der Waals surface area contributed by atoms with Crippen LogP contribution in [0.2, 0.25) is 0 Å². The van der Waals surface area contributed by atoms with Crippen molar-refractivity contribution in [3.05, 3.63) is 0 Å². The van der Waals surface area contributed by atoms with Crippen molar-refractivity contribution in [2.45, 2.75) is 63.8 Å². The van der Waals surface area contributed by atoms with Gasteiger partial charge in [0, 0.05) is 6.04 Å². The first-order valence-corrected chi connectivity index (χ1v) is 5.58. The minimum Gasteiger partial charge on any atom is -0.444 e. The van der Waals surface area contributed by atoms with Gasteiger partial charge in [-0.2, -0.15) is 0 Å². The number of aliphatic hydroxyl groups excluding tert-OH is 1. The summed E-state index contributed by atoms with van der Waals surface area (Å²) in [7, 11) is 0. The number of carbonyl (C=O) groups excluding carboxylic acids is 1. The van der Waals surface area contributed by atoms with Crippen LogP contribution >= 0.6 is 0 Å². The van der Waals surface area contributed by atoms with Crippen LogP contribution in [0.25, 0.3) is 0 Å². The van der Waals surface area contributed by atoms with Crippen molar-refractivity contribution in [2.24, 2.45) is 0 Å². The van der Waals surface area contributed by atoms with Crippen LogP contribution in [0.5, 0.6) is 0 Å². The van der Waals surface area contributed by atoms with E-state index in [0.717, 1.165) is 19.3 Å². The summed E-state index contributed by atoms with van der Waals surface area (Å²) in [5.74, 6) is 0. The average Bonchev–Trinajstić information content (AvgIpc) is 1.98. The van der Waals surface area contributed by atoms with Gasteiger partial charge in [-0.05, 0) is 40.0 Å². The van der Waals surface area contributed by atoms with Crippen molar-refractivity contribution in [1.82, 2.24) is 4.90 Å². The highest BCUT2D eigenvalue weighted by atomic mass is 16.6. The second-order valence-corrected chi connectivity index (χ2v) is 5.49. The van der Waals surface area contributed by atoms with Crippen LogP contribution in [-0.4, -0.2) is 39.9 Å². The summed E-state index contributed by atoms with van der Waals surface area (Å²) in [6.45, 7) is 5.57. The number of aliphatic hydroxyl groups is 1. The van der Waals surface area contributed by atoms with E-state index in [-0.39, 0.29) is 18.2 Å². The minimum atomic E-state index is -0.452. The van der Waals surface area contributed by atoms with Gasteiger partial charge in [0.05, 0.1) is 12.1 Å². The number of carbonyl (C=O) groups is 1. The van der Waals surface area contributed by atoms with E-state index in [4.69, 9.17) is 4.74 Å². The molecule has 4 heteroatoms. The van der Waals surface area contributed by atoms with Crippen LogP contribution in [0.15, 0.2) is 0 Å². The molecule has 0 aromatic rings. The SMILES string of the molecule is CC(C)(C)OC(=O)N1[C@@H]2CC[C@@H](O)[C@H]1C2. The van der Waals surface area contributed by atoms with Gasteiger partial charge in [0.25, 0.3) is 0 Å². The highest BCUT2D eigenvalue weighted by Crippen LogP contribution is 2.39. The minimum absolute atomic E-state index is 0.00130. The Bertz CT molecular complexity index is 269. The normalized spacial score (nSPS) is 34.7. The summed E-state index contributed by atoms with van der Waals surface area (Å²) >= 11 is 0. The lowest BCUT2D eigenvalue weighted by Gasteiger charge is -2.54. The third kappa shape index (κ3) is 1.95. The van der Waals surface area contributed by atoms with Crippen LogP contribution in [-0.2, 0) is 4.74 Å². The molecule has 15 heavy (non-hydrogen) atoms. The van der Waals surface area contributed by atoms with Gasteiger partial charge >= 0.3 is 6.09 Å². The van der Waals surface area contributed by atoms with E-state index < -0.39 is 5.60 Å². The maximum Gasteiger partial charge on any atom is 0.410 e.